The Morgan fingerprint density at radius 2 is 1.88 bits per heavy atom. The molecule has 1 heterocycles. The number of nitro groups is 1. The van der Waals surface area contributed by atoms with Gasteiger partial charge in [-0.3, -0.25) is 10.1 Å². The van der Waals surface area contributed by atoms with Crippen molar-refractivity contribution in [3.8, 4) is 5.75 Å². The molecular weight excluding hydrogens is 442 g/mol. The first-order valence-corrected chi connectivity index (χ1v) is 9.88. The Morgan fingerprint density at radius 1 is 1.25 bits per heavy atom. The van der Waals surface area contributed by atoms with Crippen LogP contribution in [0.5, 0.6) is 5.75 Å². The number of rotatable bonds is 7. The lowest BCUT2D eigenvalue weighted by molar-refractivity contribution is -0.384. The Kier molecular flexibility index (Phi) is 7.92. The average molecular weight is 466 g/mol. The lowest BCUT2D eigenvalue weighted by Crippen LogP contribution is -2.38. The Morgan fingerprint density at radius 3 is 2.41 bits per heavy atom. The zero-order chi connectivity index (χ0) is 24.1. The second-order valence-corrected chi connectivity index (χ2v) is 8.31. The van der Waals surface area contributed by atoms with Crippen LogP contribution in [0, 0.1) is 10.1 Å². The van der Waals surface area contributed by atoms with Crippen molar-refractivity contribution in [2.45, 2.75) is 38.8 Å². The van der Waals surface area contributed by atoms with E-state index in [-0.39, 0.29) is 17.5 Å². The first-order chi connectivity index (χ1) is 14.9. The van der Waals surface area contributed by atoms with Gasteiger partial charge in [-0.2, -0.15) is 4.98 Å². The largest absolute Gasteiger partial charge is 0.458 e. The molecule has 12 heteroatoms. The van der Waals surface area contributed by atoms with Gasteiger partial charge in [-0.25, -0.2) is 14.6 Å². The summed E-state index contributed by atoms with van der Waals surface area (Å²) in [6.07, 6.45) is 0.534. The van der Waals surface area contributed by atoms with E-state index < -0.39 is 34.3 Å². The van der Waals surface area contributed by atoms with Gasteiger partial charge < -0.3 is 19.7 Å². The minimum atomic E-state index is -1.02. The lowest BCUT2D eigenvalue weighted by Gasteiger charge is -2.25. The number of hydrogen-bond acceptors (Lipinski definition) is 9. The zero-order valence-corrected chi connectivity index (χ0v) is 19.0. The van der Waals surface area contributed by atoms with Crippen molar-refractivity contribution < 1.29 is 24.0 Å². The highest BCUT2D eigenvalue weighted by atomic mass is 35.5. The number of ether oxygens (including phenoxy) is 2. The molecule has 0 radical (unpaired) electrons. The molecule has 0 fully saturated rings. The predicted octanol–water partition coefficient (Wildman–Crippen LogP) is 3.46. The lowest BCUT2D eigenvalue weighted by atomic mass is 10.1. The number of hydrogen-bond donors (Lipinski definition) is 1. The normalized spacial score (nSPS) is 11.9. The fourth-order valence-corrected chi connectivity index (χ4v) is 2.58. The number of benzene rings is 1. The smallest absolute Gasteiger partial charge is 0.414 e. The van der Waals surface area contributed by atoms with E-state index in [1.165, 1.54) is 4.90 Å². The van der Waals surface area contributed by atoms with Crippen LogP contribution in [0.4, 0.5) is 16.3 Å². The van der Waals surface area contributed by atoms with Gasteiger partial charge in [0.2, 0.25) is 11.1 Å². The molecule has 0 spiro atoms. The maximum Gasteiger partial charge on any atom is 0.414 e. The third kappa shape index (κ3) is 7.34. The summed E-state index contributed by atoms with van der Waals surface area (Å²) in [6, 6.07) is 5.46. The van der Waals surface area contributed by atoms with Crippen LogP contribution >= 0.6 is 11.6 Å². The number of halogens is 1. The molecular formula is C20H24ClN5O6. The second-order valence-electron chi connectivity index (χ2n) is 7.97. The van der Waals surface area contributed by atoms with E-state index in [0.717, 1.165) is 6.20 Å². The van der Waals surface area contributed by atoms with E-state index in [1.807, 2.05) is 0 Å². The van der Waals surface area contributed by atoms with Crippen LogP contribution in [0.2, 0.25) is 5.28 Å². The molecule has 1 atom stereocenters. The number of anilines is 1. The number of carbonyl (C=O) groups is 2. The minimum Gasteiger partial charge on any atom is -0.458 e. The molecule has 0 unspecified atom stereocenters. The monoisotopic (exact) mass is 465 g/mol. The van der Waals surface area contributed by atoms with Gasteiger partial charge in [-0.15, -0.1) is 0 Å². The third-order valence-electron chi connectivity index (χ3n) is 3.87. The van der Waals surface area contributed by atoms with Crippen LogP contribution in [0.3, 0.4) is 0 Å². The summed E-state index contributed by atoms with van der Waals surface area (Å²) < 4.78 is 10.6. The van der Waals surface area contributed by atoms with Crippen LogP contribution in [0.25, 0.3) is 0 Å². The SMILES string of the molecule is CN(C)C(=O)Oc1ccc(C[C@H](Nc2nc(Cl)ncc2[N+](=O)[O-])C(=O)OC(C)(C)C)cc1. The van der Waals surface area contributed by atoms with Crippen molar-refractivity contribution in [1.29, 1.82) is 0 Å². The molecule has 2 aromatic rings. The molecule has 0 aliphatic rings. The number of aromatic nitrogens is 2. The van der Waals surface area contributed by atoms with Crippen molar-refractivity contribution in [2.24, 2.45) is 0 Å². The van der Waals surface area contributed by atoms with E-state index in [4.69, 9.17) is 21.1 Å². The second kappa shape index (κ2) is 10.2. The summed E-state index contributed by atoms with van der Waals surface area (Å²) >= 11 is 5.79. The predicted molar refractivity (Wildman–Crippen MR) is 117 cm³/mol. The summed E-state index contributed by atoms with van der Waals surface area (Å²) in [4.78, 5) is 43.9. The van der Waals surface area contributed by atoms with Gasteiger partial charge in [0.15, 0.2) is 0 Å². The Balaban J connectivity index is 2.29. The molecule has 172 valence electrons. The number of carbonyl (C=O) groups excluding carboxylic acids is 2. The van der Waals surface area contributed by atoms with E-state index in [9.17, 15) is 19.7 Å². The van der Waals surface area contributed by atoms with Gasteiger partial charge in [-0.05, 0) is 50.1 Å². The highest BCUT2D eigenvalue weighted by molar-refractivity contribution is 6.28. The molecule has 1 amide bonds. The summed E-state index contributed by atoms with van der Waals surface area (Å²) in [5.74, 6) is -0.514. The van der Waals surface area contributed by atoms with E-state index in [0.29, 0.717) is 11.3 Å². The fraction of sp³-hybridized carbons (Fsp3) is 0.400. The highest BCUT2D eigenvalue weighted by Crippen LogP contribution is 2.25. The Labute approximate surface area is 189 Å². The summed E-state index contributed by atoms with van der Waals surface area (Å²) in [5, 5.41) is 13.9. The third-order valence-corrected chi connectivity index (χ3v) is 4.05. The van der Waals surface area contributed by atoms with Gasteiger partial charge in [0.25, 0.3) is 0 Å². The molecule has 11 nitrogen and oxygen atoms in total. The van der Waals surface area contributed by atoms with Crippen LogP contribution < -0.4 is 10.1 Å². The van der Waals surface area contributed by atoms with Crippen molar-refractivity contribution >= 4 is 35.2 Å². The highest BCUT2D eigenvalue weighted by Gasteiger charge is 2.29. The topological polar surface area (TPSA) is 137 Å². The van der Waals surface area contributed by atoms with Crippen LogP contribution in [-0.4, -0.2) is 57.6 Å². The molecule has 0 saturated heterocycles. The molecule has 32 heavy (non-hydrogen) atoms. The van der Waals surface area contributed by atoms with E-state index in [2.05, 4.69) is 15.3 Å². The summed E-state index contributed by atoms with van der Waals surface area (Å²) in [5.41, 5.74) is -0.536. The van der Waals surface area contributed by atoms with Crippen LogP contribution in [0.15, 0.2) is 30.5 Å². The number of nitrogens with zero attached hydrogens (tertiary/aromatic N) is 4. The minimum absolute atomic E-state index is 0.107. The number of esters is 1. The Hall–Kier alpha value is -3.47. The van der Waals surface area contributed by atoms with Gasteiger partial charge in [0.05, 0.1) is 4.92 Å². The quantitative estimate of drug-likeness (QED) is 0.282. The molecule has 0 aliphatic heterocycles. The molecule has 0 bridgehead atoms. The number of nitrogens with one attached hydrogen (secondary N) is 1. The maximum absolute atomic E-state index is 12.8. The first kappa shape index (κ1) is 24.8. The Bertz CT molecular complexity index is 991. The average Bonchev–Trinajstić information content (AvgIpc) is 2.67. The van der Waals surface area contributed by atoms with Gasteiger partial charge in [-0.1, -0.05) is 12.1 Å². The molecule has 0 saturated carbocycles. The van der Waals surface area contributed by atoms with Crippen molar-refractivity contribution in [3.63, 3.8) is 0 Å². The summed E-state index contributed by atoms with van der Waals surface area (Å²) in [7, 11) is 3.12. The van der Waals surface area contributed by atoms with Gasteiger partial charge >= 0.3 is 17.7 Å². The van der Waals surface area contributed by atoms with Crippen molar-refractivity contribution in [2.75, 3.05) is 19.4 Å². The fourth-order valence-electron chi connectivity index (χ4n) is 2.45. The molecule has 2 rings (SSSR count). The van der Waals surface area contributed by atoms with Gasteiger partial charge in [0.1, 0.15) is 23.6 Å². The first-order valence-electron chi connectivity index (χ1n) is 9.50. The van der Waals surface area contributed by atoms with Gasteiger partial charge in [0, 0.05) is 20.5 Å². The maximum atomic E-state index is 12.8. The zero-order valence-electron chi connectivity index (χ0n) is 18.3. The van der Waals surface area contributed by atoms with Crippen LogP contribution in [0.1, 0.15) is 26.3 Å². The standard InChI is InChI=1S/C20H24ClN5O6/c1-20(2,3)32-17(27)14(23-16-15(26(29)30)11-22-18(21)24-16)10-12-6-8-13(9-7-12)31-19(28)25(4)5/h6-9,11,14H,10H2,1-5H3,(H,22,23,24)/t14-/m0/s1. The van der Waals surface area contributed by atoms with E-state index >= 15 is 0 Å². The van der Waals surface area contributed by atoms with Crippen molar-refractivity contribution in [1.82, 2.24) is 14.9 Å². The van der Waals surface area contributed by atoms with Crippen molar-refractivity contribution in [3.05, 3.63) is 51.4 Å². The molecule has 1 aromatic carbocycles. The molecule has 1 aromatic heterocycles. The molecule has 1 N–H and O–H groups in total. The number of amides is 1. The molecule has 0 aliphatic carbocycles. The van der Waals surface area contributed by atoms with Crippen LogP contribution in [-0.2, 0) is 16.0 Å². The summed E-state index contributed by atoms with van der Waals surface area (Å²) in [6.45, 7) is 5.12. The van der Waals surface area contributed by atoms with E-state index in [1.54, 1.807) is 59.1 Å².